The third kappa shape index (κ3) is 4.63. The van der Waals surface area contributed by atoms with E-state index in [4.69, 9.17) is 4.74 Å². The first-order valence-electron chi connectivity index (χ1n) is 8.97. The molecule has 0 aliphatic carbocycles. The summed E-state index contributed by atoms with van der Waals surface area (Å²) in [7, 11) is 0. The predicted octanol–water partition coefficient (Wildman–Crippen LogP) is 1.80. The Bertz CT molecular complexity index is 635. The van der Waals surface area contributed by atoms with E-state index in [1.165, 1.54) is 19.3 Å². The van der Waals surface area contributed by atoms with Crippen molar-refractivity contribution in [3.05, 3.63) is 23.8 Å². The Kier molecular flexibility index (Phi) is 5.75. The Hall–Kier alpha value is -2.28. The number of ether oxygens (including phenoxy) is 1. The largest absolute Gasteiger partial charge is 0.491 e. The van der Waals surface area contributed by atoms with Crippen molar-refractivity contribution in [2.24, 2.45) is 0 Å². The van der Waals surface area contributed by atoms with E-state index in [1.54, 1.807) is 18.2 Å². The average molecular weight is 346 g/mol. The molecule has 1 saturated heterocycles. The molecule has 1 unspecified atom stereocenters. The molecule has 3 amide bonds. The lowest BCUT2D eigenvalue weighted by Gasteiger charge is -2.33. The van der Waals surface area contributed by atoms with Crippen LogP contribution in [-0.4, -0.2) is 55.7 Å². The number of urea groups is 1. The van der Waals surface area contributed by atoms with E-state index >= 15 is 0 Å². The first-order chi connectivity index (χ1) is 12.1. The summed E-state index contributed by atoms with van der Waals surface area (Å²) in [5.74, 6) is 0.357. The first kappa shape index (κ1) is 17.5. The molecule has 1 aromatic carbocycles. The Morgan fingerprint density at radius 2 is 2.28 bits per heavy atom. The van der Waals surface area contributed by atoms with Crippen LogP contribution >= 0.6 is 0 Å². The number of benzene rings is 1. The lowest BCUT2D eigenvalue weighted by atomic mass is 10.0. The molecule has 136 valence electrons. The van der Waals surface area contributed by atoms with Gasteiger partial charge in [-0.15, -0.1) is 0 Å². The van der Waals surface area contributed by atoms with E-state index in [0.717, 1.165) is 13.1 Å². The van der Waals surface area contributed by atoms with Crippen molar-refractivity contribution in [3.63, 3.8) is 0 Å². The van der Waals surface area contributed by atoms with Gasteiger partial charge in [-0.2, -0.15) is 0 Å². The standard InChI is InChI=1S/C18H26N4O3/c1-13-4-2-3-9-22(13)10-7-20-18(24)21-14-5-6-16-15(12-14)17(23)19-8-11-25-16/h5-6,12-13H,2-4,7-11H2,1H3,(H,19,23)(H2,20,21,24). The van der Waals surface area contributed by atoms with Crippen LogP contribution < -0.4 is 20.7 Å². The number of nitrogens with one attached hydrogen (secondary N) is 3. The van der Waals surface area contributed by atoms with Gasteiger partial charge in [0.25, 0.3) is 5.91 Å². The number of rotatable bonds is 4. The second-order valence-electron chi connectivity index (χ2n) is 6.58. The maximum absolute atomic E-state index is 12.1. The fourth-order valence-electron chi connectivity index (χ4n) is 3.31. The molecule has 0 bridgehead atoms. The summed E-state index contributed by atoms with van der Waals surface area (Å²) in [5, 5.41) is 8.42. The minimum Gasteiger partial charge on any atom is -0.491 e. The third-order valence-electron chi connectivity index (χ3n) is 4.75. The smallest absolute Gasteiger partial charge is 0.319 e. The van der Waals surface area contributed by atoms with Gasteiger partial charge in [-0.05, 0) is 44.5 Å². The monoisotopic (exact) mass is 346 g/mol. The molecule has 2 aliphatic rings. The summed E-state index contributed by atoms with van der Waals surface area (Å²) < 4.78 is 5.50. The summed E-state index contributed by atoms with van der Waals surface area (Å²) in [6.07, 6.45) is 3.75. The molecule has 3 rings (SSSR count). The zero-order valence-electron chi connectivity index (χ0n) is 14.6. The normalized spacial score (nSPS) is 20.7. The second kappa shape index (κ2) is 8.20. The molecule has 3 N–H and O–H groups in total. The van der Waals surface area contributed by atoms with Gasteiger partial charge >= 0.3 is 6.03 Å². The Morgan fingerprint density at radius 1 is 1.40 bits per heavy atom. The fourth-order valence-corrected chi connectivity index (χ4v) is 3.31. The van der Waals surface area contributed by atoms with E-state index in [0.29, 0.717) is 42.7 Å². The van der Waals surface area contributed by atoms with Crippen molar-refractivity contribution < 1.29 is 14.3 Å². The Balaban J connectivity index is 1.50. The SMILES string of the molecule is CC1CCCCN1CCNC(=O)Nc1ccc2c(c1)C(=O)NCCO2. The van der Waals surface area contributed by atoms with Crippen LogP contribution in [0.5, 0.6) is 5.75 Å². The van der Waals surface area contributed by atoms with E-state index in [2.05, 4.69) is 27.8 Å². The average Bonchev–Trinajstić information content (AvgIpc) is 2.78. The molecule has 7 heteroatoms. The van der Waals surface area contributed by atoms with Crippen LogP contribution in [-0.2, 0) is 0 Å². The van der Waals surface area contributed by atoms with Gasteiger partial charge in [0.05, 0.1) is 12.1 Å². The highest BCUT2D eigenvalue weighted by Gasteiger charge is 2.19. The van der Waals surface area contributed by atoms with E-state index in [9.17, 15) is 9.59 Å². The third-order valence-corrected chi connectivity index (χ3v) is 4.75. The van der Waals surface area contributed by atoms with Crippen LogP contribution in [0.4, 0.5) is 10.5 Å². The summed E-state index contributed by atoms with van der Waals surface area (Å²) in [5.41, 5.74) is 1.01. The number of piperidine rings is 1. The molecule has 1 aromatic rings. The van der Waals surface area contributed by atoms with Crippen LogP contribution in [0.25, 0.3) is 0 Å². The number of fused-ring (bicyclic) bond motifs is 1. The number of carbonyl (C=O) groups excluding carboxylic acids is 2. The maximum atomic E-state index is 12.1. The second-order valence-corrected chi connectivity index (χ2v) is 6.58. The maximum Gasteiger partial charge on any atom is 0.319 e. The number of carbonyl (C=O) groups is 2. The number of likely N-dealkylation sites (tertiary alicyclic amines) is 1. The molecule has 25 heavy (non-hydrogen) atoms. The van der Waals surface area contributed by atoms with Crippen molar-refractivity contribution >= 4 is 17.6 Å². The van der Waals surface area contributed by atoms with Gasteiger partial charge in [-0.25, -0.2) is 4.79 Å². The predicted molar refractivity (Wildman–Crippen MR) is 96.2 cm³/mol. The molecule has 0 aromatic heterocycles. The highest BCUT2D eigenvalue weighted by atomic mass is 16.5. The van der Waals surface area contributed by atoms with Crippen LogP contribution in [0, 0.1) is 0 Å². The molecule has 0 spiro atoms. The summed E-state index contributed by atoms with van der Waals surface area (Å²) in [6, 6.07) is 5.42. The minimum atomic E-state index is -0.264. The van der Waals surface area contributed by atoms with Gasteiger partial charge in [-0.3, -0.25) is 9.69 Å². The molecule has 1 fully saturated rings. The molecule has 0 radical (unpaired) electrons. The van der Waals surface area contributed by atoms with Gasteiger partial charge in [0.1, 0.15) is 12.4 Å². The van der Waals surface area contributed by atoms with Crippen molar-refractivity contribution in [2.45, 2.75) is 32.2 Å². The van der Waals surface area contributed by atoms with Gasteiger partial charge in [0, 0.05) is 24.8 Å². The van der Waals surface area contributed by atoms with Crippen molar-refractivity contribution in [1.29, 1.82) is 0 Å². The molecule has 2 heterocycles. The zero-order valence-corrected chi connectivity index (χ0v) is 14.6. The number of hydrogen-bond acceptors (Lipinski definition) is 4. The fraction of sp³-hybridized carbons (Fsp3) is 0.556. The van der Waals surface area contributed by atoms with Gasteiger partial charge in [0.15, 0.2) is 0 Å². The molecular formula is C18H26N4O3. The van der Waals surface area contributed by atoms with Crippen molar-refractivity contribution in [1.82, 2.24) is 15.5 Å². The molecule has 0 saturated carbocycles. The zero-order chi connectivity index (χ0) is 17.6. The van der Waals surface area contributed by atoms with Crippen molar-refractivity contribution in [3.8, 4) is 5.75 Å². The summed E-state index contributed by atoms with van der Waals surface area (Å²) in [4.78, 5) is 26.5. The first-order valence-corrected chi connectivity index (χ1v) is 8.97. The summed E-state index contributed by atoms with van der Waals surface area (Å²) >= 11 is 0. The highest BCUT2D eigenvalue weighted by Crippen LogP contribution is 2.24. The quantitative estimate of drug-likeness (QED) is 0.776. The van der Waals surface area contributed by atoms with Gasteiger partial charge in [0.2, 0.25) is 0 Å². The minimum absolute atomic E-state index is 0.185. The van der Waals surface area contributed by atoms with Gasteiger partial charge in [-0.1, -0.05) is 6.42 Å². The van der Waals surface area contributed by atoms with Crippen LogP contribution in [0.15, 0.2) is 18.2 Å². The number of nitrogens with zero attached hydrogens (tertiary/aromatic N) is 1. The molecular weight excluding hydrogens is 320 g/mol. The Morgan fingerprint density at radius 3 is 3.12 bits per heavy atom. The Labute approximate surface area is 148 Å². The van der Waals surface area contributed by atoms with Crippen molar-refractivity contribution in [2.75, 3.05) is 38.1 Å². The van der Waals surface area contributed by atoms with Crippen LogP contribution in [0.3, 0.4) is 0 Å². The highest BCUT2D eigenvalue weighted by molar-refractivity contribution is 5.99. The molecule has 7 nitrogen and oxygen atoms in total. The number of anilines is 1. The van der Waals surface area contributed by atoms with E-state index < -0.39 is 0 Å². The number of hydrogen-bond donors (Lipinski definition) is 3. The van der Waals surface area contributed by atoms with Crippen LogP contribution in [0.1, 0.15) is 36.5 Å². The summed E-state index contributed by atoms with van der Waals surface area (Å²) in [6.45, 7) is 5.72. The van der Waals surface area contributed by atoms with E-state index in [-0.39, 0.29) is 11.9 Å². The number of amides is 3. The lowest BCUT2D eigenvalue weighted by Crippen LogP contribution is -2.43. The molecule has 1 atom stereocenters. The van der Waals surface area contributed by atoms with Gasteiger partial charge < -0.3 is 20.7 Å². The van der Waals surface area contributed by atoms with E-state index in [1.807, 2.05) is 0 Å². The topological polar surface area (TPSA) is 82.7 Å². The lowest BCUT2D eigenvalue weighted by molar-refractivity contribution is 0.0957. The van der Waals surface area contributed by atoms with Crippen LogP contribution in [0.2, 0.25) is 0 Å². The molecule has 2 aliphatic heterocycles.